The molecule has 3 heterocycles. The first-order valence-corrected chi connectivity index (χ1v) is 15.5. The second-order valence-electron chi connectivity index (χ2n) is 10.3. The van der Waals surface area contributed by atoms with Crippen molar-refractivity contribution < 1.29 is 4.74 Å². The number of pyridine rings is 1. The van der Waals surface area contributed by atoms with Gasteiger partial charge in [-0.1, -0.05) is 60.1 Å². The van der Waals surface area contributed by atoms with Gasteiger partial charge in [-0.3, -0.25) is 14.8 Å². The summed E-state index contributed by atoms with van der Waals surface area (Å²) in [6.07, 6.45) is 13.6. The summed E-state index contributed by atoms with van der Waals surface area (Å²) in [6, 6.07) is 12.9. The molecule has 3 aliphatic rings. The molecule has 6 heteroatoms. The topological polar surface area (TPSA) is 31.8 Å². The van der Waals surface area contributed by atoms with E-state index < -0.39 is 0 Å². The van der Waals surface area contributed by atoms with Crippen molar-refractivity contribution in [1.29, 1.82) is 0 Å². The molecule has 0 spiro atoms. The number of allylic oxidation sites excluding steroid dienone is 1. The maximum Gasteiger partial charge on any atom is 0.151 e. The average Bonchev–Trinajstić information content (AvgIpc) is 3.01. The minimum absolute atomic E-state index is 0.619. The van der Waals surface area contributed by atoms with Crippen LogP contribution in [0.4, 0.5) is 5.69 Å². The van der Waals surface area contributed by atoms with Gasteiger partial charge in [0.15, 0.2) is 5.76 Å². The Morgan fingerprint density at radius 1 is 0.974 bits per heavy atom. The molecular weight excluding hydrogens is 548 g/mol. The van der Waals surface area contributed by atoms with Gasteiger partial charge < -0.3 is 9.64 Å². The fourth-order valence-corrected chi connectivity index (χ4v) is 5.83. The molecule has 1 aromatic carbocycles. The summed E-state index contributed by atoms with van der Waals surface area (Å²) < 4.78 is 7.48. The third-order valence-corrected chi connectivity index (χ3v) is 8.35. The number of ether oxygens (including phenoxy) is 1. The Kier molecular flexibility index (Phi) is 11.7. The molecule has 0 atom stereocenters. The summed E-state index contributed by atoms with van der Waals surface area (Å²) in [5.74, 6) is 0.916. The van der Waals surface area contributed by atoms with Gasteiger partial charge in [-0.25, -0.2) is 0 Å². The number of anilines is 1. The van der Waals surface area contributed by atoms with Gasteiger partial charge in [-0.15, -0.1) is 0 Å². The molecule has 0 radical (unpaired) electrons. The molecule has 5 nitrogen and oxygen atoms in total. The van der Waals surface area contributed by atoms with E-state index in [9.17, 15) is 0 Å². The minimum Gasteiger partial charge on any atom is -0.476 e. The van der Waals surface area contributed by atoms with E-state index in [1.54, 1.807) is 5.57 Å². The third-order valence-electron chi connectivity index (χ3n) is 7.83. The van der Waals surface area contributed by atoms with Crippen LogP contribution in [0.25, 0.3) is 5.76 Å². The molecule has 2 aliphatic heterocycles. The normalized spacial score (nSPS) is 18.6. The van der Waals surface area contributed by atoms with Crippen LogP contribution in [-0.4, -0.2) is 67.3 Å². The number of benzene rings is 1. The average molecular weight is 594 g/mol. The van der Waals surface area contributed by atoms with Crippen LogP contribution in [0.3, 0.4) is 0 Å². The molecule has 1 saturated heterocycles. The third kappa shape index (κ3) is 8.29. The summed E-state index contributed by atoms with van der Waals surface area (Å²) in [7, 11) is 0. The Labute approximate surface area is 244 Å². The largest absolute Gasteiger partial charge is 0.476 e. The summed E-state index contributed by atoms with van der Waals surface area (Å²) in [5, 5.41) is 0. The Hall–Kier alpha value is -2.41. The Morgan fingerprint density at radius 2 is 1.74 bits per heavy atom. The van der Waals surface area contributed by atoms with E-state index in [1.165, 1.54) is 36.9 Å². The number of aromatic nitrogens is 1. The molecule has 5 rings (SSSR count). The van der Waals surface area contributed by atoms with Crippen LogP contribution in [0.1, 0.15) is 57.2 Å². The van der Waals surface area contributed by atoms with Gasteiger partial charge in [0.05, 0.1) is 0 Å². The van der Waals surface area contributed by atoms with Crippen LogP contribution in [0, 0.1) is 0 Å². The summed E-state index contributed by atoms with van der Waals surface area (Å²) in [5.41, 5.74) is 6.31. The van der Waals surface area contributed by atoms with Crippen molar-refractivity contribution in [1.82, 2.24) is 14.8 Å². The van der Waals surface area contributed by atoms with E-state index in [2.05, 4.69) is 73.6 Å². The Morgan fingerprint density at radius 3 is 2.46 bits per heavy atom. The number of halogens is 1. The SMILES string of the molecule is C=CC1=C(c2ncccc2CCN2CCN(c3ccc(Br)cc3)CC2)OCN(CCC2=CCCCC2)C1.CC. The smallest absolute Gasteiger partial charge is 0.151 e. The van der Waals surface area contributed by atoms with E-state index in [-0.39, 0.29) is 0 Å². The van der Waals surface area contributed by atoms with Gasteiger partial charge in [-0.05, 0) is 74.4 Å². The Balaban J connectivity index is 0.00000172. The number of hydrogen-bond donors (Lipinski definition) is 0. The molecule has 1 fully saturated rings. The molecule has 0 bridgehead atoms. The van der Waals surface area contributed by atoms with Crippen molar-refractivity contribution in [2.45, 2.75) is 52.4 Å². The van der Waals surface area contributed by atoms with Crippen molar-refractivity contribution >= 4 is 27.4 Å². The zero-order chi connectivity index (χ0) is 27.5. The maximum absolute atomic E-state index is 6.35. The first-order chi connectivity index (χ1) is 19.2. The fraction of sp³-hybridized carbons (Fsp3) is 0.485. The highest BCUT2D eigenvalue weighted by Gasteiger charge is 2.23. The van der Waals surface area contributed by atoms with E-state index in [1.807, 2.05) is 32.2 Å². The fourth-order valence-electron chi connectivity index (χ4n) is 5.57. The van der Waals surface area contributed by atoms with Crippen molar-refractivity contribution in [2.75, 3.05) is 57.4 Å². The van der Waals surface area contributed by atoms with Gasteiger partial charge in [0, 0.05) is 67.7 Å². The standard InChI is InChI=1S/C31H39BrN4O.C2H6/c1-2-26-23-35(17-14-25-7-4-3-5-8-25)24-37-31(26)30-27(9-6-16-33-30)15-18-34-19-21-36(22-20-34)29-12-10-28(32)11-13-29;1-2/h2,6-7,9-13,16H,1,3-5,8,14-15,17-24H2;1-2H3. The molecular formula is C33H45BrN4O. The van der Waals surface area contributed by atoms with Gasteiger partial charge >= 0.3 is 0 Å². The van der Waals surface area contributed by atoms with Crippen LogP contribution < -0.4 is 4.90 Å². The highest BCUT2D eigenvalue weighted by Crippen LogP contribution is 2.28. The number of hydrogen-bond acceptors (Lipinski definition) is 5. The molecule has 0 saturated carbocycles. The zero-order valence-corrected chi connectivity index (χ0v) is 25.5. The molecule has 1 aromatic heterocycles. The first kappa shape index (κ1) is 29.6. The molecule has 39 heavy (non-hydrogen) atoms. The summed E-state index contributed by atoms with van der Waals surface area (Å²) in [6.45, 7) is 15.9. The monoisotopic (exact) mass is 592 g/mol. The number of nitrogens with zero attached hydrogens (tertiary/aromatic N) is 4. The van der Waals surface area contributed by atoms with Crippen LogP contribution in [0.15, 0.2) is 76.9 Å². The Bertz CT molecular complexity index is 1120. The molecule has 0 unspecified atom stereocenters. The lowest BCUT2D eigenvalue weighted by Crippen LogP contribution is -2.47. The van der Waals surface area contributed by atoms with Gasteiger partial charge in [0.1, 0.15) is 12.4 Å². The molecule has 0 N–H and O–H groups in total. The summed E-state index contributed by atoms with van der Waals surface area (Å²) >= 11 is 3.54. The second kappa shape index (κ2) is 15.4. The predicted octanol–water partition coefficient (Wildman–Crippen LogP) is 7.31. The lowest BCUT2D eigenvalue weighted by molar-refractivity contribution is 0.0961. The predicted molar refractivity (Wildman–Crippen MR) is 168 cm³/mol. The van der Waals surface area contributed by atoms with Crippen molar-refractivity contribution in [3.8, 4) is 0 Å². The van der Waals surface area contributed by atoms with Crippen LogP contribution in [0.2, 0.25) is 0 Å². The van der Waals surface area contributed by atoms with E-state index in [0.717, 1.165) is 80.2 Å². The minimum atomic E-state index is 0.619. The van der Waals surface area contributed by atoms with Crippen molar-refractivity contribution in [3.05, 3.63) is 88.2 Å². The van der Waals surface area contributed by atoms with Crippen LogP contribution in [-0.2, 0) is 11.2 Å². The lowest BCUT2D eigenvalue weighted by atomic mass is 9.97. The highest BCUT2D eigenvalue weighted by atomic mass is 79.9. The van der Waals surface area contributed by atoms with Crippen LogP contribution >= 0.6 is 15.9 Å². The highest BCUT2D eigenvalue weighted by molar-refractivity contribution is 9.10. The van der Waals surface area contributed by atoms with Gasteiger partial charge in [0.25, 0.3) is 0 Å². The van der Waals surface area contributed by atoms with E-state index in [4.69, 9.17) is 9.72 Å². The maximum atomic E-state index is 6.35. The molecule has 2 aromatic rings. The second-order valence-corrected chi connectivity index (χ2v) is 11.2. The molecule has 0 amide bonds. The van der Waals surface area contributed by atoms with Gasteiger partial charge in [-0.2, -0.15) is 0 Å². The van der Waals surface area contributed by atoms with E-state index in [0.29, 0.717) is 6.73 Å². The van der Waals surface area contributed by atoms with Crippen molar-refractivity contribution in [2.24, 2.45) is 0 Å². The molecule has 1 aliphatic carbocycles. The quantitative estimate of drug-likeness (QED) is 0.285. The summed E-state index contributed by atoms with van der Waals surface area (Å²) in [4.78, 5) is 12.2. The van der Waals surface area contributed by atoms with Crippen LogP contribution in [0.5, 0.6) is 0 Å². The van der Waals surface area contributed by atoms with E-state index >= 15 is 0 Å². The number of rotatable bonds is 9. The number of piperazine rings is 1. The van der Waals surface area contributed by atoms with Crippen molar-refractivity contribution in [3.63, 3.8) is 0 Å². The lowest BCUT2D eigenvalue weighted by Gasteiger charge is -2.36. The first-order valence-electron chi connectivity index (χ1n) is 14.8. The molecule has 210 valence electrons. The van der Waals surface area contributed by atoms with Gasteiger partial charge in [0.2, 0.25) is 0 Å². The zero-order valence-electron chi connectivity index (χ0n) is 23.9.